The van der Waals surface area contributed by atoms with Gasteiger partial charge < -0.3 is 15.5 Å². The molecule has 3 N–H and O–H groups in total. The molecule has 0 saturated heterocycles. The highest BCUT2D eigenvalue weighted by molar-refractivity contribution is 5.96. The van der Waals surface area contributed by atoms with Crippen LogP contribution in [0.1, 0.15) is 19.4 Å². The molecular formula is C18H19NO4. The molecule has 0 saturated carbocycles. The molecule has 23 heavy (non-hydrogen) atoms. The number of hydrogen-bond donors (Lipinski definition) is 3. The zero-order valence-electron chi connectivity index (χ0n) is 13.0. The van der Waals surface area contributed by atoms with Gasteiger partial charge >= 0.3 is 11.9 Å². The van der Waals surface area contributed by atoms with Crippen LogP contribution in [0, 0.1) is 5.92 Å². The maximum absolute atomic E-state index is 11.5. The second-order valence-corrected chi connectivity index (χ2v) is 5.41. The lowest BCUT2D eigenvalue weighted by molar-refractivity contribution is -0.133. The molecule has 0 atom stereocenters. The van der Waals surface area contributed by atoms with Gasteiger partial charge in [0.05, 0.1) is 11.1 Å². The minimum absolute atomic E-state index is 0.0670. The first kappa shape index (κ1) is 16.5. The molecule has 1 aliphatic heterocycles. The molecule has 0 aliphatic carbocycles. The second kappa shape index (κ2) is 6.96. The molecule has 1 heterocycles. The zero-order chi connectivity index (χ0) is 17.0. The summed E-state index contributed by atoms with van der Waals surface area (Å²) in [7, 11) is 0. The molecule has 0 bridgehead atoms. The largest absolute Gasteiger partial charge is 0.478 e. The van der Waals surface area contributed by atoms with E-state index in [2.05, 4.69) is 5.32 Å². The van der Waals surface area contributed by atoms with Crippen molar-refractivity contribution in [2.75, 3.05) is 0 Å². The fraction of sp³-hybridized carbons (Fsp3) is 0.222. The minimum atomic E-state index is -1.12. The number of nitrogens with one attached hydrogen (secondary N) is 1. The third kappa shape index (κ3) is 3.69. The van der Waals surface area contributed by atoms with Crippen LogP contribution in [0.2, 0.25) is 0 Å². The summed E-state index contributed by atoms with van der Waals surface area (Å²) in [5.74, 6) is -3.00. The number of benzene rings is 1. The number of carbonyl (C=O) groups is 2. The lowest BCUT2D eigenvalue weighted by Gasteiger charge is -2.26. The molecule has 120 valence electrons. The first-order valence-corrected chi connectivity index (χ1v) is 7.27. The van der Waals surface area contributed by atoms with E-state index in [4.69, 9.17) is 0 Å². The van der Waals surface area contributed by atoms with Gasteiger partial charge in [0.15, 0.2) is 0 Å². The van der Waals surface area contributed by atoms with Gasteiger partial charge in [-0.2, -0.15) is 0 Å². The molecule has 2 rings (SSSR count). The minimum Gasteiger partial charge on any atom is -0.478 e. The number of carboxylic acid groups (broad SMARTS) is 2. The van der Waals surface area contributed by atoms with Crippen LogP contribution in [0.25, 0.3) is 0 Å². The summed E-state index contributed by atoms with van der Waals surface area (Å²) in [4.78, 5) is 23.1. The quantitative estimate of drug-likeness (QED) is 0.728. The predicted molar refractivity (Wildman–Crippen MR) is 86.6 cm³/mol. The van der Waals surface area contributed by atoms with Crippen molar-refractivity contribution in [2.45, 2.75) is 20.3 Å². The Balaban J connectivity index is 2.34. The predicted octanol–water partition coefficient (Wildman–Crippen LogP) is 2.72. The van der Waals surface area contributed by atoms with Crippen LogP contribution >= 0.6 is 0 Å². The van der Waals surface area contributed by atoms with Gasteiger partial charge in [-0.05, 0) is 25.8 Å². The summed E-state index contributed by atoms with van der Waals surface area (Å²) in [6.45, 7) is 3.28. The molecule has 1 aliphatic rings. The fourth-order valence-electron chi connectivity index (χ4n) is 2.76. The number of rotatable bonds is 5. The fourth-order valence-corrected chi connectivity index (χ4v) is 2.76. The van der Waals surface area contributed by atoms with Gasteiger partial charge in [0, 0.05) is 17.3 Å². The van der Waals surface area contributed by atoms with Gasteiger partial charge in [-0.25, -0.2) is 9.59 Å². The number of aliphatic carboxylic acids is 2. The first-order valence-electron chi connectivity index (χ1n) is 7.27. The summed E-state index contributed by atoms with van der Waals surface area (Å²) < 4.78 is 0. The summed E-state index contributed by atoms with van der Waals surface area (Å²) in [5, 5.41) is 21.7. The van der Waals surface area contributed by atoms with E-state index in [0.717, 1.165) is 5.56 Å². The first-order chi connectivity index (χ1) is 10.9. The smallest absolute Gasteiger partial charge is 0.334 e. The van der Waals surface area contributed by atoms with Gasteiger partial charge in [-0.1, -0.05) is 42.5 Å². The number of allylic oxidation sites excluding steroid dienone is 4. The Labute approximate surface area is 134 Å². The van der Waals surface area contributed by atoms with Crippen molar-refractivity contribution in [2.24, 2.45) is 5.92 Å². The van der Waals surface area contributed by atoms with Gasteiger partial charge in [0.25, 0.3) is 0 Å². The van der Waals surface area contributed by atoms with E-state index in [9.17, 15) is 19.8 Å². The van der Waals surface area contributed by atoms with Crippen molar-refractivity contribution in [3.8, 4) is 0 Å². The highest BCUT2D eigenvalue weighted by atomic mass is 16.4. The van der Waals surface area contributed by atoms with E-state index in [1.807, 2.05) is 36.4 Å². The van der Waals surface area contributed by atoms with Crippen LogP contribution < -0.4 is 5.32 Å². The SMILES string of the molecule is CC1=C(C(=O)O)C(C=CCc2ccccc2)C(C(=O)O)=C(C)N1. The number of dihydropyridines is 1. The standard InChI is InChI=1S/C18H19NO4/c1-11-15(17(20)21)14(16(18(22)23)12(2)19-11)10-6-9-13-7-4-3-5-8-13/h3-8,10,14,19H,9H2,1-2H3,(H,20,21)(H,22,23). The van der Waals surface area contributed by atoms with Crippen LogP contribution in [-0.2, 0) is 16.0 Å². The topological polar surface area (TPSA) is 86.6 Å². The molecule has 5 heteroatoms. The van der Waals surface area contributed by atoms with Crippen LogP contribution in [0.4, 0.5) is 0 Å². The average Bonchev–Trinajstić information content (AvgIpc) is 2.47. The van der Waals surface area contributed by atoms with Crippen molar-refractivity contribution >= 4 is 11.9 Å². The van der Waals surface area contributed by atoms with Crippen LogP contribution in [0.5, 0.6) is 0 Å². The van der Waals surface area contributed by atoms with Crippen molar-refractivity contribution in [3.63, 3.8) is 0 Å². The van der Waals surface area contributed by atoms with Crippen LogP contribution in [0.3, 0.4) is 0 Å². The lowest BCUT2D eigenvalue weighted by Crippen LogP contribution is -2.31. The van der Waals surface area contributed by atoms with Gasteiger partial charge in [-0.3, -0.25) is 0 Å². The summed E-state index contributed by atoms with van der Waals surface area (Å²) >= 11 is 0. The Kier molecular flexibility index (Phi) is 5.01. The van der Waals surface area contributed by atoms with E-state index in [1.54, 1.807) is 19.9 Å². The Hall–Kier alpha value is -2.82. The van der Waals surface area contributed by atoms with Crippen LogP contribution in [-0.4, -0.2) is 22.2 Å². The number of carboxylic acids is 2. The highest BCUT2D eigenvalue weighted by Crippen LogP contribution is 2.31. The summed E-state index contributed by atoms with van der Waals surface area (Å²) in [6.07, 6.45) is 4.09. The van der Waals surface area contributed by atoms with E-state index >= 15 is 0 Å². The molecule has 0 radical (unpaired) electrons. The average molecular weight is 313 g/mol. The van der Waals surface area contributed by atoms with Crippen molar-refractivity contribution in [1.82, 2.24) is 5.32 Å². The van der Waals surface area contributed by atoms with Gasteiger partial charge in [0.2, 0.25) is 0 Å². The Morgan fingerprint density at radius 3 is 2.04 bits per heavy atom. The third-order valence-electron chi connectivity index (χ3n) is 3.79. The van der Waals surface area contributed by atoms with Crippen molar-refractivity contribution in [3.05, 3.63) is 70.6 Å². The van der Waals surface area contributed by atoms with E-state index in [-0.39, 0.29) is 11.1 Å². The monoisotopic (exact) mass is 313 g/mol. The van der Waals surface area contributed by atoms with Crippen molar-refractivity contribution in [1.29, 1.82) is 0 Å². The zero-order valence-corrected chi connectivity index (χ0v) is 13.0. The van der Waals surface area contributed by atoms with E-state index in [0.29, 0.717) is 17.8 Å². The molecule has 0 unspecified atom stereocenters. The van der Waals surface area contributed by atoms with Crippen molar-refractivity contribution < 1.29 is 19.8 Å². The summed E-state index contributed by atoms with van der Waals surface area (Å²) in [5.41, 5.74) is 2.14. The molecule has 0 fully saturated rings. The Bertz CT molecular complexity index is 678. The number of hydrogen-bond acceptors (Lipinski definition) is 3. The van der Waals surface area contributed by atoms with Gasteiger partial charge in [-0.15, -0.1) is 0 Å². The molecule has 5 nitrogen and oxygen atoms in total. The Morgan fingerprint density at radius 2 is 1.57 bits per heavy atom. The molecule has 0 spiro atoms. The van der Waals surface area contributed by atoms with E-state index in [1.165, 1.54) is 0 Å². The maximum Gasteiger partial charge on any atom is 0.334 e. The van der Waals surface area contributed by atoms with E-state index < -0.39 is 17.9 Å². The third-order valence-corrected chi connectivity index (χ3v) is 3.79. The van der Waals surface area contributed by atoms with Gasteiger partial charge in [0.1, 0.15) is 0 Å². The molecule has 1 aromatic rings. The molecule has 0 amide bonds. The Morgan fingerprint density at radius 1 is 1.04 bits per heavy atom. The molecule has 0 aromatic heterocycles. The van der Waals surface area contributed by atoms with Crippen LogP contribution in [0.15, 0.2) is 65.0 Å². The molecule has 1 aromatic carbocycles. The second-order valence-electron chi connectivity index (χ2n) is 5.41. The normalized spacial score (nSPS) is 15.9. The maximum atomic E-state index is 11.5. The highest BCUT2D eigenvalue weighted by Gasteiger charge is 2.33. The summed E-state index contributed by atoms with van der Waals surface area (Å²) in [6, 6.07) is 9.69. The molecular weight excluding hydrogens is 294 g/mol. The lowest BCUT2D eigenvalue weighted by atomic mass is 9.85.